The predicted molar refractivity (Wildman–Crippen MR) is 113 cm³/mol. The Kier molecular flexibility index (Phi) is 10.2. The number of aromatic nitrogens is 2. The minimum atomic E-state index is -0.197. The topological polar surface area (TPSA) is 96.0 Å². The molecule has 0 bridgehead atoms. The second-order valence-corrected chi connectivity index (χ2v) is 6.57. The third kappa shape index (κ3) is 7.24. The normalized spacial score (nSPS) is 10.1. The van der Waals surface area contributed by atoms with Crippen molar-refractivity contribution >= 4 is 47.4 Å². The van der Waals surface area contributed by atoms with Gasteiger partial charge in [-0.2, -0.15) is 0 Å². The summed E-state index contributed by atoms with van der Waals surface area (Å²) in [6.45, 7) is 5.52. The van der Waals surface area contributed by atoms with Gasteiger partial charge in [0.15, 0.2) is 0 Å². The summed E-state index contributed by atoms with van der Waals surface area (Å²) >= 11 is 11.6. The first-order valence-electron chi connectivity index (χ1n) is 8.42. The Bertz CT molecular complexity index is 765. The van der Waals surface area contributed by atoms with Gasteiger partial charge in [-0.15, -0.1) is 12.4 Å². The molecule has 2 rings (SSSR count). The van der Waals surface area contributed by atoms with E-state index in [1.54, 1.807) is 38.1 Å². The molecule has 0 aromatic carbocycles. The zero-order valence-electron chi connectivity index (χ0n) is 15.5. The molecule has 0 saturated carbocycles. The van der Waals surface area contributed by atoms with E-state index >= 15 is 0 Å². The molecular formula is C18H22Cl3N5O2. The van der Waals surface area contributed by atoms with Gasteiger partial charge in [-0.1, -0.05) is 23.2 Å². The fourth-order valence-corrected chi connectivity index (χ4v) is 2.76. The van der Waals surface area contributed by atoms with Crippen LogP contribution in [0.1, 0.15) is 32.1 Å². The first-order valence-corrected chi connectivity index (χ1v) is 9.17. The van der Waals surface area contributed by atoms with Crippen molar-refractivity contribution in [3.63, 3.8) is 0 Å². The van der Waals surface area contributed by atoms with Crippen LogP contribution in [0, 0.1) is 13.8 Å². The molecular weight excluding hydrogens is 425 g/mol. The molecule has 0 unspecified atom stereocenters. The smallest absolute Gasteiger partial charge is 0.253 e. The third-order valence-corrected chi connectivity index (χ3v) is 4.19. The maximum Gasteiger partial charge on any atom is 0.253 e. The minimum absolute atomic E-state index is 0. The van der Waals surface area contributed by atoms with Crippen molar-refractivity contribution in [1.82, 2.24) is 25.9 Å². The van der Waals surface area contributed by atoms with Crippen molar-refractivity contribution in [2.45, 2.75) is 13.8 Å². The number of rotatable bonds is 8. The van der Waals surface area contributed by atoms with Crippen molar-refractivity contribution in [3.05, 3.63) is 57.1 Å². The first-order chi connectivity index (χ1) is 12.9. The largest absolute Gasteiger partial charge is 0.351 e. The standard InChI is InChI=1S/C18H21Cl2N5O2.ClH/c1-11-13(3-5-15(19)24-11)17(26)22-9-7-21-8-10-23-18(27)14-4-6-16(20)25-12(14)2;/h3-6,21H,7-10H2,1-2H3,(H,22,26)(H,23,27);1H. The average Bonchev–Trinajstić information content (AvgIpc) is 2.60. The number of nitrogens with one attached hydrogen (secondary N) is 3. The molecule has 2 amide bonds. The van der Waals surface area contributed by atoms with Crippen LogP contribution < -0.4 is 16.0 Å². The van der Waals surface area contributed by atoms with Gasteiger partial charge in [-0.3, -0.25) is 9.59 Å². The van der Waals surface area contributed by atoms with Gasteiger partial charge < -0.3 is 16.0 Å². The summed E-state index contributed by atoms with van der Waals surface area (Å²) < 4.78 is 0. The number of aryl methyl sites for hydroxylation is 2. The summed E-state index contributed by atoms with van der Waals surface area (Å²) in [5, 5.41) is 9.47. The summed E-state index contributed by atoms with van der Waals surface area (Å²) in [5.41, 5.74) is 2.17. The van der Waals surface area contributed by atoms with Crippen LogP contribution in [0.25, 0.3) is 0 Å². The van der Waals surface area contributed by atoms with Gasteiger partial charge in [-0.05, 0) is 38.1 Å². The monoisotopic (exact) mass is 445 g/mol. The molecule has 2 aromatic rings. The number of pyridine rings is 2. The fourth-order valence-electron chi connectivity index (χ4n) is 2.39. The quantitative estimate of drug-likeness (QED) is 0.428. The Morgan fingerprint density at radius 1 is 0.786 bits per heavy atom. The molecule has 2 aromatic heterocycles. The molecule has 3 N–H and O–H groups in total. The van der Waals surface area contributed by atoms with E-state index in [2.05, 4.69) is 25.9 Å². The van der Waals surface area contributed by atoms with Gasteiger partial charge in [0.1, 0.15) is 10.3 Å². The Labute approximate surface area is 180 Å². The summed E-state index contributed by atoms with van der Waals surface area (Å²) in [6, 6.07) is 6.47. The van der Waals surface area contributed by atoms with Crippen LogP contribution in [-0.4, -0.2) is 48.0 Å². The molecule has 0 aliphatic heterocycles. The van der Waals surface area contributed by atoms with Crippen LogP contribution in [0.5, 0.6) is 0 Å². The van der Waals surface area contributed by atoms with Crippen molar-refractivity contribution in [3.8, 4) is 0 Å². The maximum absolute atomic E-state index is 12.1. The highest BCUT2D eigenvalue weighted by molar-refractivity contribution is 6.29. The molecule has 0 aliphatic carbocycles. The lowest BCUT2D eigenvalue weighted by Gasteiger charge is -2.10. The van der Waals surface area contributed by atoms with Gasteiger partial charge in [0.2, 0.25) is 0 Å². The SMILES string of the molecule is Cc1nc(Cl)ccc1C(=O)NCCNCCNC(=O)c1ccc(Cl)nc1C.Cl. The number of carbonyl (C=O) groups is 2. The molecule has 10 heteroatoms. The molecule has 0 saturated heterocycles. The van der Waals surface area contributed by atoms with Crippen LogP contribution in [0.2, 0.25) is 10.3 Å². The van der Waals surface area contributed by atoms with Gasteiger partial charge in [0.05, 0.1) is 22.5 Å². The Morgan fingerprint density at radius 3 is 1.54 bits per heavy atom. The van der Waals surface area contributed by atoms with Gasteiger partial charge in [0, 0.05) is 26.2 Å². The number of halogens is 3. The molecule has 0 atom stereocenters. The predicted octanol–water partition coefficient (Wildman–Crippen LogP) is 2.57. The molecule has 7 nitrogen and oxygen atoms in total. The highest BCUT2D eigenvalue weighted by atomic mass is 35.5. The molecule has 2 heterocycles. The second-order valence-electron chi connectivity index (χ2n) is 5.80. The van der Waals surface area contributed by atoms with Gasteiger partial charge in [-0.25, -0.2) is 9.97 Å². The number of hydrogen-bond acceptors (Lipinski definition) is 5. The van der Waals surface area contributed by atoms with E-state index in [1.165, 1.54) is 0 Å². The zero-order valence-corrected chi connectivity index (χ0v) is 17.8. The highest BCUT2D eigenvalue weighted by Crippen LogP contribution is 2.11. The number of carbonyl (C=O) groups excluding carboxylic acids is 2. The van der Waals surface area contributed by atoms with E-state index in [0.29, 0.717) is 59.0 Å². The fraction of sp³-hybridized carbons (Fsp3) is 0.333. The Balaban J connectivity index is 0.00000392. The van der Waals surface area contributed by atoms with Crippen LogP contribution in [0.3, 0.4) is 0 Å². The van der Waals surface area contributed by atoms with E-state index in [1.807, 2.05) is 0 Å². The lowest BCUT2D eigenvalue weighted by molar-refractivity contribution is 0.0947. The highest BCUT2D eigenvalue weighted by Gasteiger charge is 2.10. The van der Waals surface area contributed by atoms with Crippen molar-refractivity contribution in [2.24, 2.45) is 0 Å². The summed E-state index contributed by atoms with van der Waals surface area (Å²) in [4.78, 5) is 32.3. The molecule has 0 aliphatic rings. The van der Waals surface area contributed by atoms with E-state index in [-0.39, 0.29) is 24.2 Å². The van der Waals surface area contributed by atoms with Gasteiger partial charge >= 0.3 is 0 Å². The van der Waals surface area contributed by atoms with Crippen molar-refractivity contribution in [2.75, 3.05) is 26.2 Å². The molecule has 0 spiro atoms. The van der Waals surface area contributed by atoms with Crippen molar-refractivity contribution in [1.29, 1.82) is 0 Å². The summed E-state index contributed by atoms with van der Waals surface area (Å²) in [5.74, 6) is -0.394. The number of amides is 2. The lowest BCUT2D eigenvalue weighted by Crippen LogP contribution is -2.36. The average molecular weight is 447 g/mol. The number of hydrogen-bond donors (Lipinski definition) is 3. The first kappa shape index (κ1) is 24.1. The van der Waals surface area contributed by atoms with E-state index in [9.17, 15) is 9.59 Å². The minimum Gasteiger partial charge on any atom is -0.351 e. The van der Waals surface area contributed by atoms with Crippen LogP contribution >= 0.6 is 35.6 Å². The van der Waals surface area contributed by atoms with Crippen LogP contribution in [0.4, 0.5) is 0 Å². The van der Waals surface area contributed by atoms with E-state index in [4.69, 9.17) is 23.2 Å². The number of nitrogens with zero attached hydrogens (tertiary/aromatic N) is 2. The Hall–Kier alpha value is -1.93. The third-order valence-electron chi connectivity index (χ3n) is 3.77. The summed E-state index contributed by atoms with van der Waals surface area (Å²) in [7, 11) is 0. The van der Waals surface area contributed by atoms with E-state index < -0.39 is 0 Å². The maximum atomic E-state index is 12.1. The van der Waals surface area contributed by atoms with Crippen molar-refractivity contribution < 1.29 is 9.59 Å². The zero-order chi connectivity index (χ0) is 19.8. The Morgan fingerprint density at radius 2 is 1.18 bits per heavy atom. The van der Waals surface area contributed by atoms with Crippen LogP contribution in [0.15, 0.2) is 24.3 Å². The summed E-state index contributed by atoms with van der Waals surface area (Å²) in [6.07, 6.45) is 0. The molecule has 0 radical (unpaired) electrons. The van der Waals surface area contributed by atoms with E-state index in [0.717, 1.165) is 0 Å². The molecule has 152 valence electrons. The molecule has 28 heavy (non-hydrogen) atoms. The second kappa shape index (κ2) is 11.8. The van der Waals surface area contributed by atoms with Gasteiger partial charge in [0.25, 0.3) is 11.8 Å². The lowest BCUT2D eigenvalue weighted by atomic mass is 10.2. The molecule has 0 fully saturated rings. The van der Waals surface area contributed by atoms with Crippen LogP contribution in [-0.2, 0) is 0 Å².